The average Bonchev–Trinajstić information content (AvgIpc) is 2.45. The van der Waals surface area contributed by atoms with Crippen LogP contribution in [-0.2, 0) is 11.5 Å². The van der Waals surface area contributed by atoms with E-state index in [1.165, 1.54) is 0 Å². The molecule has 0 atom stereocenters. The third-order valence-corrected chi connectivity index (χ3v) is 7.34. The molecule has 0 bridgehead atoms. The zero-order valence-corrected chi connectivity index (χ0v) is 16.9. The summed E-state index contributed by atoms with van der Waals surface area (Å²) in [6.07, 6.45) is 0. The van der Waals surface area contributed by atoms with Gasteiger partial charge in [0.25, 0.3) is 0 Å². The van der Waals surface area contributed by atoms with Crippen molar-refractivity contribution in [1.29, 1.82) is 0 Å². The van der Waals surface area contributed by atoms with Crippen LogP contribution in [0.5, 0.6) is 0 Å². The van der Waals surface area contributed by atoms with Gasteiger partial charge in [-0.3, -0.25) is 0 Å². The monoisotopic (exact) mass is 426 g/mol. The first-order valence-corrected chi connectivity index (χ1v) is 10.8. The molecule has 0 heterocycles. The van der Waals surface area contributed by atoms with Crippen LogP contribution in [-0.4, -0.2) is 23.0 Å². The molecule has 0 radical (unpaired) electrons. The van der Waals surface area contributed by atoms with Crippen LogP contribution in [0.4, 0.5) is 0 Å². The summed E-state index contributed by atoms with van der Waals surface area (Å²) in [5.74, 6) is 5.04. The summed E-state index contributed by atoms with van der Waals surface area (Å²) in [7, 11) is 0. The molecule has 0 aliphatic carbocycles. The largest absolute Gasteiger partial charge is 0.179 e. The fourth-order valence-corrected chi connectivity index (χ4v) is 5.09. The Balaban J connectivity index is 3.08. The van der Waals surface area contributed by atoms with Crippen molar-refractivity contribution in [3.05, 3.63) is 31.2 Å². The van der Waals surface area contributed by atoms with Gasteiger partial charge in [0.2, 0.25) is 0 Å². The van der Waals surface area contributed by atoms with Crippen LogP contribution in [0, 0.1) is 0 Å². The van der Waals surface area contributed by atoms with Crippen molar-refractivity contribution in [3.63, 3.8) is 0 Å². The van der Waals surface area contributed by atoms with Crippen LogP contribution in [0.25, 0.3) is 0 Å². The smallest absolute Gasteiger partial charge is 0.0797 e. The summed E-state index contributed by atoms with van der Waals surface area (Å²) in [5, 5.41) is 1.69. The minimum atomic E-state index is 0.336. The molecule has 1 aromatic carbocycles. The lowest BCUT2D eigenvalue weighted by Gasteiger charge is -2.16. The molecule has 1 aromatic rings. The van der Waals surface area contributed by atoms with E-state index < -0.39 is 0 Å². The summed E-state index contributed by atoms with van der Waals surface area (Å²) in [6, 6.07) is 0. The number of rotatable bonds is 8. The Kier molecular flexibility index (Phi) is 10.4. The van der Waals surface area contributed by atoms with Crippen LogP contribution in [0.15, 0.2) is 0 Å². The van der Waals surface area contributed by atoms with Crippen molar-refractivity contribution >= 4 is 95.2 Å². The van der Waals surface area contributed by atoms with Gasteiger partial charge in [-0.15, -0.1) is 0 Å². The zero-order chi connectivity index (χ0) is 15.1. The van der Waals surface area contributed by atoms with E-state index in [2.05, 4.69) is 25.3 Å². The molecule has 0 fully saturated rings. The standard InChI is InChI=1S/C12H14Cl4S4/c13-9-7(5-19-3-1-17)8(6-20-4-2-18)10(14)12(16)11(9)15/h17-18H,1-6H2. The van der Waals surface area contributed by atoms with Crippen molar-refractivity contribution in [1.82, 2.24) is 0 Å². The zero-order valence-electron chi connectivity index (χ0n) is 10.5. The van der Waals surface area contributed by atoms with Crippen LogP contribution < -0.4 is 0 Å². The topological polar surface area (TPSA) is 0 Å². The summed E-state index contributed by atoms with van der Waals surface area (Å²) < 4.78 is 0. The average molecular weight is 428 g/mol. The highest BCUT2D eigenvalue weighted by Crippen LogP contribution is 2.43. The van der Waals surface area contributed by atoms with E-state index in [0.29, 0.717) is 20.1 Å². The maximum absolute atomic E-state index is 6.34. The predicted molar refractivity (Wildman–Crippen MR) is 107 cm³/mol. The first-order valence-electron chi connectivity index (χ1n) is 5.75. The number of thiol groups is 2. The molecular formula is C12H14Cl4S4. The highest BCUT2D eigenvalue weighted by Gasteiger charge is 2.20. The van der Waals surface area contributed by atoms with Gasteiger partial charge in [0.1, 0.15) is 0 Å². The first-order chi connectivity index (χ1) is 9.54. The van der Waals surface area contributed by atoms with Crippen LogP contribution in [0.1, 0.15) is 11.1 Å². The minimum Gasteiger partial charge on any atom is -0.179 e. The summed E-state index contributed by atoms with van der Waals surface area (Å²) in [6.45, 7) is 0. The highest BCUT2D eigenvalue weighted by atomic mass is 35.5. The van der Waals surface area contributed by atoms with Gasteiger partial charge in [-0.05, 0) is 22.6 Å². The maximum atomic E-state index is 6.34. The fraction of sp³-hybridized carbons (Fsp3) is 0.500. The van der Waals surface area contributed by atoms with Gasteiger partial charge in [0.05, 0.1) is 20.1 Å². The van der Waals surface area contributed by atoms with E-state index in [-0.39, 0.29) is 0 Å². The fourth-order valence-electron chi connectivity index (χ4n) is 1.50. The Hall–Kier alpha value is 1.78. The van der Waals surface area contributed by atoms with Gasteiger partial charge in [-0.25, -0.2) is 0 Å². The summed E-state index contributed by atoms with van der Waals surface area (Å²) in [5.41, 5.74) is 1.95. The van der Waals surface area contributed by atoms with Crippen LogP contribution >= 0.6 is 95.2 Å². The van der Waals surface area contributed by atoms with E-state index in [4.69, 9.17) is 46.4 Å². The Morgan fingerprint density at radius 2 is 1.00 bits per heavy atom. The molecular weight excluding hydrogens is 414 g/mol. The molecule has 0 aromatic heterocycles. The molecule has 20 heavy (non-hydrogen) atoms. The Bertz CT molecular complexity index is 413. The lowest BCUT2D eigenvalue weighted by molar-refractivity contribution is 1.27. The second-order valence-corrected chi connectivity index (χ2v) is 8.38. The van der Waals surface area contributed by atoms with Gasteiger partial charge in [0, 0.05) is 23.0 Å². The molecule has 1 rings (SSSR count). The van der Waals surface area contributed by atoms with Gasteiger partial charge in [-0.2, -0.15) is 48.8 Å². The third-order valence-electron chi connectivity index (χ3n) is 2.44. The number of thioether (sulfide) groups is 2. The SMILES string of the molecule is SCCSCc1c(Cl)c(Cl)c(Cl)c(Cl)c1CSCCS. The maximum Gasteiger partial charge on any atom is 0.0797 e. The molecule has 0 nitrogen and oxygen atoms in total. The third kappa shape index (κ3) is 5.45. The first kappa shape index (κ1) is 19.8. The van der Waals surface area contributed by atoms with Gasteiger partial charge >= 0.3 is 0 Å². The van der Waals surface area contributed by atoms with Gasteiger partial charge in [-0.1, -0.05) is 46.4 Å². The van der Waals surface area contributed by atoms with E-state index in [0.717, 1.165) is 45.6 Å². The number of hydrogen-bond donors (Lipinski definition) is 2. The van der Waals surface area contributed by atoms with E-state index >= 15 is 0 Å². The molecule has 0 aliphatic heterocycles. The lowest BCUT2D eigenvalue weighted by atomic mass is 10.1. The molecule has 0 aliphatic rings. The van der Waals surface area contributed by atoms with Crippen molar-refractivity contribution in [3.8, 4) is 0 Å². The quantitative estimate of drug-likeness (QED) is 0.207. The Morgan fingerprint density at radius 1 is 0.650 bits per heavy atom. The normalized spacial score (nSPS) is 11.1. The number of halogens is 4. The van der Waals surface area contributed by atoms with Gasteiger partial charge < -0.3 is 0 Å². The second-order valence-electron chi connectivity index (χ2n) is 3.77. The number of benzene rings is 1. The molecule has 0 unspecified atom stereocenters. The van der Waals surface area contributed by atoms with Gasteiger partial charge in [0.15, 0.2) is 0 Å². The Labute approximate surface area is 159 Å². The summed E-state index contributed by atoms with van der Waals surface area (Å²) >= 11 is 36.9. The molecule has 0 saturated carbocycles. The van der Waals surface area contributed by atoms with Crippen molar-refractivity contribution < 1.29 is 0 Å². The molecule has 114 valence electrons. The van der Waals surface area contributed by atoms with Crippen LogP contribution in [0.2, 0.25) is 20.1 Å². The summed E-state index contributed by atoms with van der Waals surface area (Å²) in [4.78, 5) is 0. The minimum absolute atomic E-state index is 0.336. The van der Waals surface area contributed by atoms with Crippen molar-refractivity contribution in [2.24, 2.45) is 0 Å². The molecule has 8 heteroatoms. The number of hydrogen-bond acceptors (Lipinski definition) is 4. The van der Waals surface area contributed by atoms with E-state index in [9.17, 15) is 0 Å². The Morgan fingerprint density at radius 3 is 1.30 bits per heavy atom. The molecule has 0 N–H and O–H groups in total. The van der Waals surface area contributed by atoms with E-state index in [1.54, 1.807) is 23.5 Å². The van der Waals surface area contributed by atoms with E-state index in [1.807, 2.05) is 0 Å². The highest BCUT2D eigenvalue weighted by molar-refractivity contribution is 7.99. The second kappa shape index (κ2) is 10.5. The van der Waals surface area contributed by atoms with Crippen molar-refractivity contribution in [2.75, 3.05) is 23.0 Å². The molecule has 0 amide bonds. The molecule has 0 saturated heterocycles. The van der Waals surface area contributed by atoms with Crippen LogP contribution in [0.3, 0.4) is 0 Å². The molecule has 0 spiro atoms. The van der Waals surface area contributed by atoms with Crippen molar-refractivity contribution in [2.45, 2.75) is 11.5 Å². The predicted octanol–water partition coefficient (Wildman–Crippen LogP) is 6.63. The lowest BCUT2D eigenvalue weighted by Crippen LogP contribution is -1.98.